The summed E-state index contributed by atoms with van der Waals surface area (Å²) in [5.74, 6) is 0. The van der Waals surface area contributed by atoms with E-state index in [1.165, 1.54) is 0 Å². The van der Waals surface area contributed by atoms with Gasteiger partial charge in [0, 0.05) is 26.5 Å². The Morgan fingerprint density at radius 3 is 2.76 bits per heavy atom. The predicted molar refractivity (Wildman–Crippen MR) is 68.7 cm³/mol. The second-order valence-electron chi connectivity index (χ2n) is 3.42. The number of aliphatic hydroxyl groups excluding tert-OH is 2. The Labute approximate surface area is 112 Å². The zero-order chi connectivity index (χ0) is 12.8. The lowest BCUT2D eigenvalue weighted by atomic mass is 10.0. The molecule has 1 aromatic carbocycles. The van der Waals surface area contributed by atoms with E-state index in [1.807, 2.05) is 0 Å². The van der Waals surface area contributed by atoms with Crippen molar-refractivity contribution in [1.29, 1.82) is 0 Å². The van der Waals surface area contributed by atoms with Gasteiger partial charge in [-0.2, -0.15) is 0 Å². The molecule has 0 aliphatic heterocycles. The average molecular weight is 321 g/mol. The van der Waals surface area contributed by atoms with Gasteiger partial charge in [-0.05, 0) is 24.1 Å². The first kappa shape index (κ1) is 14.3. The molecule has 0 aliphatic rings. The molecule has 5 nitrogen and oxygen atoms in total. The molecule has 0 fully saturated rings. The SMILES string of the molecule is [N-]=[N+]=NCCC(O)C(O)c1ccc(Br)cc1Cl. The quantitative estimate of drug-likeness (QED) is 0.495. The van der Waals surface area contributed by atoms with E-state index < -0.39 is 12.2 Å². The van der Waals surface area contributed by atoms with Crippen LogP contribution in [0.25, 0.3) is 10.4 Å². The van der Waals surface area contributed by atoms with Gasteiger partial charge >= 0.3 is 0 Å². The Hall–Kier alpha value is -0.780. The number of aliphatic hydroxyl groups is 2. The average Bonchev–Trinajstić information content (AvgIpc) is 2.28. The van der Waals surface area contributed by atoms with Crippen LogP contribution in [0, 0.1) is 0 Å². The van der Waals surface area contributed by atoms with Gasteiger partial charge in [0.25, 0.3) is 0 Å². The van der Waals surface area contributed by atoms with Crippen molar-refractivity contribution in [2.75, 3.05) is 6.54 Å². The van der Waals surface area contributed by atoms with Crippen molar-refractivity contribution in [3.8, 4) is 0 Å². The molecule has 1 rings (SSSR count). The number of rotatable bonds is 5. The molecule has 1 aromatic rings. The summed E-state index contributed by atoms with van der Waals surface area (Å²) in [6.45, 7) is 0.128. The van der Waals surface area contributed by atoms with Gasteiger partial charge in [-0.15, -0.1) is 0 Å². The molecule has 0 heterocycles. The first-order valence-corrected chi connectivity index (χ1v) is 6.05. The molecule has 7 heteroatoms. The van der Waals surface area contributed by atoms with Gasteiger partial charge in [-0.3, -0.25) is 0 Å². The molecule has 92 valence electrons. The third-order valence-corrected chi connectivity index (χ3v) is 3.05. The first-order chi connectivity index (χ1) is 8.06. The zero-order valence-electron chi connectivity index (χ0n) is 8.79. The minimum Gasteiger partial charge on any atom is -0.390 e. The summed E-state index contributed by atoms with van der Waals surface area (Å²) in [4.78, 5) is 2.57. The number of hydrogen-bond donors (Lipinski definition) is 2. The van der Waals surface area contributed by atoms with Crippen LogP contribution in [0.4, 0.5) is 0 Å². The molecule has 2 atom stereocenters. The van der Waals surface area contributed by atoms with E-state index in [2.05, 4.69) is 26.0 Å². The summed E-state index contributed by atoms with van der Waals surface area (Å²) in [6, 6.07) is 5.00. The van der Waals surface area contributed by atoms with Crippen LogP contribution in [0.3, 0.4) is 0 Å². The van der Waals surface area contributed by atoms with Gasteiger partial charge in [0.2, 0.25) is 0 Å². The van der Waals surface area contributed by atoms with Gasteiger partial charge in [0.15, 0.2) is 0 Å². The molecule has 0 aliphatic carbocycles. The maximum atomic E-state index is 9.88. The highest BCUT2D eigenvalue weighted by molar-refractivity contribution is 9.10. The molecule has 0 bridgehead atoms. The molecule has 0 spiro atoms. The largest absolute Gasteiger partial charge is 0.390 e. The van der Waals surface area contributed by atoms with Crippen LogP contribution in [0.2, 0.25) is 5.02 Å². The van der Waals surface area contributed by atoms with Crippen LogP contribution in [-0.4, -0.2) is 22.9 Å². The lowest BCUT2D eigenvalue weighted by molar-refractivity contribution is 0.0151. The minimum absolute atomic E-state index is 0.128. The van der Waals surface area contributed by atoms with Crippen molar-refractivity contribution in [2.45, 2.75) is 18.6 Å². The lowest BCUT2D eigenvalue weighted by Crippen LogP contribution is -2.19. The Kier molecular flexibility index (Phi) is 5.74. The number of hydrogen-bond acceptors (Lipinski definition) is 3. The highest BCUT2D eigenvalue weighted by Crippen LogP contribution is 2.29. The molecule has 0 saturated heterocycles. The fraction of sp³-hybridized carbons (Fsp3) is 0.400. The second-order valence-corrected chi connectivity index (χ2v) is 4.74. The number of halogens is 2. The fourth-order valence-electron chi connectivity index (χ4n) is 1.34. The minimum atomic E-state index is -1.09. The maximum Gasteiger partial charge on any atom is 0.106 e. The van der Waals surface area contributed by atoms with Gasteiger partial charge in [0.1, 0.15) is 6.10 Å². The Morgan fingerprint density at radius 2 is 2.18 bits per heavy atom. The molecule has 2 N–H and O–H groups in total. The fourth-order valence-corrected chi connectivity index (χ4v) is 2.13. The van der Waals surface area contributed by atoms with E-state index in [9.17, 15) is 10.2 Å². The summed E-state index contributed by atoms with van der Waals surface area (Å²) in [6.07, 6.45) is -1.93. The van der Waals surface area contributed by atoms with Crippen molar-refractivity contribution in [3.05, 3.63) is 43.7 Å². The van der Waals surface area contributed by atoms with Gasteiger partial charge in [0.05, 0.1) is 6.10 Å². The molecular formula is C10H11BrClN3O2. The van der Waals surface area contributed by atoms with E-state index in [0.717, 1.165) is 4.47 Å². The third kappa shape index (κ3) is 4.18. The lowest BCUT2D eigenvalue weighted by Gasteiger charge is -2.18. The smallest absolute Gasteiger partial charge is 0.106 e. The van der Waals surface area contributed by atoms with Crippen LogP contribution in [0.15, 0.2) is 27.8 Å². The molecule has 2 unspecified atom stereocenters. The molecule has 0 aromatic heterocycles. The normalized spacial score (nSPS) is 13.9. The molecule has 0 amide bonds. The van der Waals surface area contributed by atoms with Crippen LogP contribution in [0.5, 0.6) is 0 Å². The standard InChI is InChI=1S/C10H11BrClN3O2/c11-6-1-2-7(8(12)5-6)10(17)9(16)3-4-14-15-13/h1-2,5,9-10,16-17H,3-4H2. The second kappa shape index (κ2) is 6.83. The number of benzene rings is 1. The molecular weight excluding hydrogens is 309 g/mol. The Bertz CT molecular complexity index is 438. The van der Waals surface area contributed by atoms with Crippen molar-refractivity contribution in [3.63, 3.8) is 0 Å². The summed E-state index contributed by atoms with van der Waals surface area (Å²) < 4.78 is 0.794. The first-order valence-electron chi connectivity index (χ1n) is 4.88. The van der Waals surface area contributed by atoms with E-state index in [0.29, 0.717) is 10.6 Å². The summed E-state index contributed by atoms with van der Waals surface area (Å²) in [7, 11) is 0. The topological polar surface area (TPSA) is 89.2 Å². The van der Waals surface area contributed by atoms with Gasteiger partial charge < -0.3 is 10.2 Å². The highest BCUT2D eigenvalue weighted by atomic mass is 79.9. The maximum absolute atomic E-state index is 9.88. The van der Waals surface area contributed by atoms with E-state index in [-0.39, 0.29) is 13.0 Å². The van der Waals surface area contributed by atoms with Crippen LogP contribution < -0.4 is 0 Å². The monoisotopic (exact) mass is 319 g/mol. The highest BCUT2D eigenvalue weighted by Gasteiger charge is 2.20. The third-order valence-electron chi connectivity index (χ3n) is 2.23. The Balaban J connectivity index is 2.73. The zero-order valence-corrected chi connectivity index (χ0v) is 11.1. The van der Waals surface area contributed by atoms with Crippen molar-refractivity contribution < 1.29 is 10.2 Å². The van der Waals surface area contributed by atoms with Crippen molar-refractivity contribution in [1.82, 2.24) is 0 Å². The van der Waals surface area contributed by atoms with Crippen molar-refractivity contribution in [2.24, 2.45) is 5.11 Å². The van der Waals surface area contributed by atoms with E-state index >= 15 is 0 Å². The van der Waals surface area contributed by atoms with Crippen LogP contribution in [0.1, 0.15) is 18.1 Å². The van der Waals surface area contributed by atoms with Gasteiger partial charge in [-0.1, -0.05) is 38.7 Å². The van der Waals surface area contributed by atoms with E-state index in [4.69, 9.17) is 17.1 Å². The van der Waals surface area contributed by atoms with Crippen LogP contribution in [-0.2, 0) is 0 Å². The summed E-state index contributed by atoms with van der Waals surface area (Å²) in [5.41, 5.74) is 8.54. The number of nitrogens with zero attached hydrogens (tertiary/aromatic N) is 3. The predicted octanol–water partition coefficient (Wildman–Crippen LogP) is 3.20. The summed E-state index contributed by atoms with van der Waals surface area (Å²) >= 11 is 9.20. The summed E-state index contributed by atoms with van der Waals surface area (Å²) in [5, 5.41) is 23.2. The molecule has 0 saturated carbocycles. The van der Waals surface area contributed by atoms with Gasteiger partial charge in [-0.25, -0.2) is 0 Å². The van der Waals surface area contributed by atoms with Crippen molar-refractivity contribution >= 4 is 27.5 Å². The molecule has 0 radical (unpaired) electrons. The molecule has 17 heavy (non-hydrogen) atoms. The van der Waals surface area contributed by atoms with E-state index in [1.54, 1.807) is 18.2 Å². The Morgan fingerprint density at radius 1 is 1.47 bits per heavy atom. The van der Waals surface area contributed by atoms with Crippen LogP contribution >= 0.6 is 27.5 Å². The number of azide groups is 1.